The summed E-state index contributed by atoms with van der Waals surface area (Å²) < 4.78 is 8.99. The molecule has 0 aromatic carbocycles. The number of rotatable bonds is 4. The van der Waals surface area contributed by atoms with Gasteiger partial charge in [0.15, 0.2) is 0 Å². The first-order valence-electron chi connectivity index (χ1n) is 11.3. The van der Waals surface area contributed by atoms with Crippen LogP contribution in [0.15, 0.2) is 35.6 Å². The lowest BCUT2D eigenvalue weighted by Gasteiger charge is -2.38. The van der Waals surface area contributed by atoms with E-state index < -0.39 is 0 Å². The SMILES string of the molecule is C[C@@H]1COC[C@@H](C)N1CC(=O)Nc1cnc2c(c1)[nH]c(=O)c1c2nn2cc(-c3cnn(C)c3)sc12. The fraction of sp³-hybridized carbons (Fsp3) is 0.348. The molecular weight excluding hydrogens is 468 g/mol. The second-order valence-electron chi connectivity index (χ2n) is 9.00. The Bertz CT molecular complexity index is 1640. The van der Waals surface area contributed by atoms with Crippen molar-refractivity contribution in [2.24, 2.45) is 7.05 Å². The van der Waals surface area contributed by atoms with E-state index >= 15 is 0 Å². The van der Waals surface area contributed by atoms with Crippen LogP contribution in [0.3, 0.4) is 0 Å². The van der Waals surface area contributed by atoms with Gasteiger partial charge in [0.05, 0.1) is 48.2 Å². The number of nitrogens with zero attached hydrogens (tertiary/aromatic N) is 6. The number of hydrogen-bond donors (Lipinski definition) is 2. The maximum absolute atomic E-state index is 13.0. The molecule has 0 radical (unpaired) electrons. The Labute approximate surface area is 203 Å². The summed E-state index contributed by atoms with van der Waals surface area (Å²) in [6.45, 7) is 5.57. The van der Waals surface area contributed by atoms with Gasteiger partial charge in [-0.2, -0.15) is 10.2 Å². The Morgan fingerprint density at radius 1 is 1.23 bits per heavy atom. The predicted octanol–water partition coefficient (Wildman–Crippen LogP) is 2.23. The first-order valence-corrected chi connectivity index (χ1v) is 12.2. The van der Waals surface area contributed by atoms with E-state index in [1.807, 2.05) is 33.3 Å². The number of ether oxygens (including phenoxy) is 1. The molecule has 2 atom stereocenters. The molecule has 0 spiro atoms. The molecule has 1 aliphatic rings. The highest BCUT2D eigenvalue weighted by Gasteiger charge is 2.27. The molecule has 1 aliphatic heterocycles. The number of aromatic amines is 1. The molecule has 180 valence electrons. The van der Waals surface area contributed by atoms with E-state index in [0.29, 0.717) is 40.8 Å². The minimum atomic E-state index is -0.247. The summed E-state index contributed by atoms with van der Waals surface area (Å²) in [6.07, 6.45) is 7.19. The molecule has 1 fully saturated rings. The van der Waals surface area contributed by atoms with E-state index in [2.05, 4.69) is 30.4 Å². The number of carbonyl (C=O) groups excluding carboxylic acids is 1. The quantitative estimate of drug-likeness (QED) is 0.394. The molecule has 35 heavy (non-hydrogen) atoms. The number of amides is 1. The number of aryl methyl sites for hydroxylation is 1. The van der Waals surface area contributed by atoms with Gasteiger partial charge in [0, 0.05) is 37.1 Å². The summed E-state index contributed by atoms with van der Waals surface area (Å²) >= 11 is 1.48. The van der Waals surface area contributed by atoms with Crippen LogP contribution in [0, 0.1) is 0 Å². The Kier molecular flexibility index (Phi) is 5.16. The third-order valence-corrected chi connectivity index (χ3v) is 7.50. The van der Waals surface area contributed by atoms with Gasteiger partial charge in [-0.1, -0.05) is 0 Å². The number of carbonyl (C=O) groups is 1. The van der Waals surface area contributed by atoms with Crippen molar-refractivity contribution in [3.8, 4) is 10.4 Å². The normalized spacial score (nSPS) is 19.2. The summed E-state index contributed by atoms with van der Waals surface area (Å²) in [4.78, 5) is 37.0. The lowest BCUT2D eigenvalue weighted by Crippen LogP contribution is -2.52. The first kappa shape index (κ1) is 21.9. The fourth-order valence-electron chi connectivity index (χ4n) is 4.61. The molecule has 5 aromatic heterocycles. The predicted molar refractivity (Wildman–Crippen MR) is 134 cm³/mol. The van der Waals surface area contributed by atoms with Crippen LogP contribution in [0.25, 0.3) is 37.2 Å². The van der Waals surface area contributed by atoms with Crippen molar-refractivity contribution >= 4 is 49.7 Å². The molecule has 6 heterocycles. The van der Waals surface area contributed by atoms with Crippen molar-refractivity contribution in [1.29, 1.82) is 0 Å². The molecule has 0 bridgehead atoms. The van der Waals surface area contributed by atoms with Crippen LogP contribution in [0.2, 0.25) is 0 Å². The highest BCUT2D eigenvalue weighted by Crippen LogP contribution is 2.33. The number of pyridine rings is 2. The third-order valence-electron chi connectivity index (χ3n) is 6.35. The van der Waals surface area contributed by atoms with Crippen LogP contribution in [0.5, 0.6) is 0 Å². The van der Waals surface area contributed by atoms with Gasteiger partial charge < -0.3 is 15.0 Å². The summed E-state index contributed by atoms with van der Waals surface area (Å²) in [5.74, 6) is -0.138. The van der Waals surface area contributed by atoms with Crippen molar-refractivity contribution in [3.05, 3.63) is 41.2 Å². The average molecular weight is 493 g/mol. The van der Waals surface area contributed by atoms with Crippen molar-refractivity contribution in [3.63, 3.8) is 0 Å². The third kappa shape index (κ3) is 3.79. The molecule has 0 aliphatic carbocycles. The number of H-pyrrole nitrogens is 1. The van der Waals surface area contributed by atoms with Crippen LogP contribution in [0.1, 0.15) is 13.8 Å². The standard InChI is InChI=1S/C23H24N8O3S/c1-12-10-34-11-13(2)30(12)9-18(32)26-15-4-16-20(24-6-15)21-19(22(33)27-16)23-31(28-21)8-17(35-23)14-5-25-29(3)7-14/h4-8,12-13H,9-11H2,1-3H3,(H,26,32)(H,27,33)/t12-,13-/m1/s1. The van der Waals surface area contributed by atoms with E-state index in [0.717, 1.165) is 15.3 Å². The Morgan fingerprint density at radius 3 is 2.77 bits per heavy atom. The Morgan fingerprint density at radius 2 is 2.03 bits per heavy atom. The number of anilines is 1. The first-order chi connectivity index (χ1) is 16.9. The zero-order valence-electron chi connectivity index (χ0n) is 19.5. The van der Waals surface area contributed by atoms with Crippen molar-refractivity contribution < 1.29 is 9.53 Å². The van der Waals surface area contributed by atoms with E-state index in [1.165, 1.54) is 11.3 Å². The van der Waals surface area contributed by atoms with Crippen molar-refractivity contribution in [2.45, 2.75) is 25.9 Å². The van der Waals surface area contributed by atoms with Gasteiger partial charge in [-0.25, -0.2) is 4.52 Å². The number of morpholine rings is 1. The minimum absolute atomic E-state index is 0.138. The second kappa shape index (κ2) is 8.26. The summed E-state index contributed by atoms with van der Waals surface area (Å²) in [5.41, 5.74) is 2.86. The minimum Gasteiger partial charge on any atom is -0.378 e. The monoisotopic (exact) mass is 492 g/mol. The maximum atomic E-state index is 13.0. The van der Waals surface area contributed by atoms with Crippen molar-refractivity contribution in [2.75, 3.05) is 25.1 Å². The van der Waals surface area contributed by atoms with Gasteiger partial charge in [-0.15, -0.1) is 11.3 Å². The molecule has 1 amide bonds. The zero-order chi connectivity index (χ0) is 24.3. The number of fused-ring (bicyclic) bond motifs is 5. The number of thiazole rings is 1. The smallest absolute Gasteiger partial charge is 0.261 e. The van der Waals surface area contributed by atoms with Gasteiger partial charge in [-0.3, -0.25) is 24.2 Å². The second-order valence-corrected chi connectivity index (χ2v) is 10.0. The Balaban J connectivity index is 1.31. The number of aromatic nitrogens is 6. The maximum Gasteiger partial charge on any atom is 0.261 e. The van der Waals surface area contributed by atoms with Gasteiger partial charge in [0.25, 0.3) is 5.56 Å². The molecule has 11 nitrogen and oxygen atoms in total. The topological polar surface area (TPSA) is 122 Å². The summed E-state index contributed by atoms with van der Waals surface area (Å²) in [7, 11) is 1.86. The van der Waals surface area contributed by atoms with Crippen molar-refractivity contribution in [1.82, 2.24) is 34.3 Å². The average Bonchev–Trinajstić information content (AvgIpc) is 3.50. The highest BCUT2D eigenvalue weighted by atomic mass is 32.1. The van der Waals surface area contributed by atoms with E-state index in [-0.39, 0.29) is 30.1 Å². The van der Waals surface area contributed by atoms with Crippen LogP contribution in [-0.2, 0) is 16.6 Å². The van der Waals surface area contributed by atoms with Gasteiger partial charge >= 0.3 is 0 Å². The summed E-state index contributed by atoms with van der Waals surface area (Å²) in [5, 5.41) is 12.3. The van der Waals surface area contributed by atoms with Gasteiger partial charge in [-0.05, 0) is 19.9 Å². The van der Waals surface area contributed by atoms with Crippen LogP contribution in [0.4, 0.5) is 5.69 Å². The number of nitrogens with one attached hydrogen (secondary N) is 2. The van der Waals surface area contributed by atoms with E-state index in [4.69, 9.17) is 4.74 Å². The molecular formula is C23H24N8O3S. The van der Waals surface area contributed by atoms with Gasteiger partial charge in [0.1, 0.15) is 21.3 Å². The lowest BCUT2D eigenvalue weighted by molar-refractivity contribution is -0.121. The van der Waals surface area contributed by atoms with Crippen LogP contribution in [-0.4, -0.2) is 72.0 Å². The highest BCUT2D eigenvalue weighted by molar-refractivity contribution is 7.21. The van der Waals surface area contributed by atoms with E-state index in [9.17, 15) is 9.59 Å². The largest absolute Gasteiger partial charge is 0.378 e. The molecule has 0 unspecified atom stereocenters. The van der Waals surface area contributed by atoms with E-state index in [1.54, 1.807) is 27.7 Å². The van der Waals surface area contributed by atoms with Crippen LogP contribution < -0.4 is 10.9 Å². The molecule has 12 heteroatoms. The molecule has 2 N–H and O–H groups in total. The summed E-state index contributed by atoms with van der Waals surface area (Å²) in [6, 6.07) is 2.05. The van der Waals surface area contributed by atoms with Crippen LogP contribution >= 0.6 is 11.3 Å². The zero-order valence-corrected chi connectivity index (χ0v) is 20.3. The number of hydrogen-bond acceptors (Lipinski definition) is 8. The Hall–Kier alpha value is -3.61. The van der Waals surface area contributed by atoms with Gasteiger partial charge in [0.2, 0.25) is 5.91 Å². The lowest BCUT2D eigenvalue weighted by atomic mass is 10.1. The fourth-order valence-corrected chi connectivity index (χ4v) is 5.68. The molecule has 6 rings (SSSR count). The molecule has 5 aromatic rings. The molecule has 0 saturated carbocycles. The molecule has 1 saturated heterocycles.